The molecular weight excluding hydrogens is 358 g/mol. The first-order valence-electron chi connectivity index (χ1n) is 9.38. The lowest BCUT2D eigenvalue weighted by Gasteiger charge is -2.16. The number of furan rings is 1. The number of carbonyl (C=O) groups is 2. The van der Waals surface area contributed by atoms with Gasteiger partial charge in [0.15, 0.2) is 5.76 Å². The molecule has 1 saturated heterocycles. The molecule has 28 heavy (non-hydrogen) atoms. The van der Waals surface area contributed by atoms with E-state index in [1.165, 1.54) is 10.5 Å². The minimum Gasteiger partial charge on any atom is -0.451 e. The van der Waals surface area contributed by atoms with Gasteiger partial charge in [0.25, 0.3) is 5.91 Å². The van der Waals surface area contributed by atoms with Crippen LogP contribution in [0.1, 0.15) is 34.9 Å². The van der Waals surface area contributed by atoms with Crippen molar-refractivity contribution in [2.75, 3.05) is 27.2 Å². The van der Waals surface area contributed by atoms with Crippen LogP contribution in [-0.4, -0.2) is 63.8 Å². The van der Waals surface area contributed by atoms with E-state index in [1.54, 1.807) is 37.2 Å². The molecule has 8 heteroatoms. The summed E-state index contributed by atoms with van der Waals surface area (Å²) in [6, 6.07) is 7.80. The number of aryl methyl sites for hydroxylation is 1. The van der Waals surface area contributed by atoms with E-state index in [4.69, 9.17) is 4.42 Å². The zero-order valence-corrected chi connectivity index (χ0v) is 16.0. The van der Waals surface area contributed by atoms with E-state index < -0.39 is 0 Å². The second-order valence-corrected chi connectivity index (χ2v) is 7.35. The highest BCUT2D eigenvalue weighted by molar-refractivity contribution is 5.96. The summed E-state index contributed by atoms with van der Waals surface area (Å²) in [6.45, 7) is 2.02. The summed E-state index contributed by atoms with van der Waals surface area (Å²) < 4.78 is 7.34. The monoisotopic (exact) mass is 381 g/mol. The number of carbonyl (C=O) groups excluding carboxylic acids is 2. The van der Waals surface area contributed by atoms with Gasteiger partial charge in [0.1, 0.15) is 5.58 Å². The number of hydrogen-bond donors (Lipinski definition) is 0. The van der Waals surface area contributed by atoms with Crippen LogP contribution in [0.15, 0.2) is 41.1 Å². The number of benzene rings is 1. The molecule has 146 valence electrons. The van der Waals surface area contributed by atoms with Crippen LogP contribution in [0.2, 0.25) is 0 Å². The molecule has 1 atom stereocenters. The average molecular weight is 381 g/mol. The van der Waals surface area contributed by atoms with E-state index in [-0.39, 0.29) is 11.8 Å². The van der Waals surface area contributed by atoms with Gasteiger partial charge in [0.2, 0.25) is 5.91 Å². The van der Waals surface area contributed by atoms with Crippen molar-refractivity contribution in [2.45, 2.75) is 25.3 Å². The van der Waals surface area contributed by atoms with Crippen LogP contribution >= 0.6 is 0 Å². The fraction of sp³-hybridized carbons (Fsp3) is 0.400. The first-order chi connectivity index (χ1) is 13.5. The maximum absolute atomic E-state index is 12.5. The number of likely N-dealkylation sites (tertiary alicyclic amines) is 1. The van der Waals surface area contributed by atoms with Gasteiger partial charge < -0.3 is 14.2 Å². The summed E-state index contributed by atoms with van der Waals surface area (Å²) in [5.41, 5.74) is 1.87. The Labute approximate surface area is 162 Å². The van der Waals surface area contributed by atoms with Crippen molar-refractivity contribution in [3.8, 4) is 0 Å². The van der Waals surface area contributed by atoms with Gasteiger partial charge in [-0.15, -0.1) is 5.10 Å². The first-order valence-corrected chi connectivity index (χ1v) is 9.38. The van der Waals surface area contributed by atoms with Crippen molar-refractivity contribution in [2.24, 2.45) is 0 Å². The summed E-state index contributed by atoms with van der Waals surface area (Å²) in [5, 5.41) is 8.56. The molecule has 3 aromatic rings. The lowest BCUT2D eigenvalue weighted by atomic mass is 9.97. The number of aromatic nitrogens is 3. The zero-order chi connectivity index (χ0) is 19.7. The van der Waals surface area contributed by atoms with Crippen molar-refractivity contribution in [1.82, 2.24) is 24.8 Å². The van der Waals surface area contributed by atoms with Crippen molar-refractivity contribution in [3.63, 3.8) is 0 Å². The Morgan fingerprint density at radius 2 is 2.14 bits per heavy atom. The topological polar surface area (TPSA) is 84.5 Å². The average Bonchev–Trinajstić information content (AvgIpc) is 3.44. The highest BCUT2D eigenvalue weighted by Crippen LogP contribution is 2.31. The molecule has 0 aliphatic carbocycles. The molecule has 0 radical (unpaired) electrons. The molecule has 8 nitrogen and oxygen atoms in total. The maximum Gasteiger partial charge on any atom is 0.289 e. The van der Waals surface area contributed by atoms with Crippen molar-refractivity contribution in [3.05, 3.63) is 48.0 Å². The van der Waals surface area contributed by atoms with E-state index in [0.717, 1.165) is 18.4 Å². The fourth-order valence-electron chi connectivity index (χ4n) is 3.62. The van der Waals surface area contributed by atoms with Crippen LogP contribution in [0, 0.1) is 0 Å². The summed E-state index contributed by atoms with van der Waals surface area (Å²) in [6.07, 6.45) is 4.73. The van der Waals surface area contributed by atoms with E-state index in [2.05, 4.69) is 16.4 Å². The van der Waals surface area contributed by atoms with E-state index in [0.29, 0.717) is 36.8 Å². The Kier molecular flexibility index (Phi) is 4.85. The van der Waals surface area contributed by atoms with Crippen LogP contribution in [0.25, 0.3) is 11.0 Å². The Hall–Kier alpha value is -3.16. The molecule has 0 bridgehead atoms. The van der Waals surface area contributed by atoms with Crippen LogP contribution in [-0.2, 0) is 11.3 Å². The van der Waals surface area contributed by atoms with Crippen molar-refractivity contribution >= 4 is 22.8 Å². The lowest BCUT2D eigenvalue weighted by Crippen LogP contribution is -2.29. The number of amides is 2. The number of rotatable bonds is 5. The predicted molar refractivity (Wildman–Crippen MR) is 103 cm³/mol. The molecule has 0 spiro atoms. The normalized spacial score (nSPS) is 16.6. The van der Waals surface area contributed by atoms with Gasteiger partial charge >= 0.3 is 0 Å². The van der Waals surface area contributed by atoms with Gasteiger partial charge in [-0.25, -0.2) is 0 Å². The third kappa shape index (κ3) is 3.62. The molecular formula is C20H23N5O3. The van der Waals surface area contributed by atoms with Gasteiger partial charge in [0, 0.05) is 51.1 Å². The van der Waals surface area contributed by atoms with Gasteiger partial charge in [0.05, 0.1) is 12.7 Å². The maximum atomic E-state index is 12.5. The van der Waals surface area contributed by atoms with E-state index in [1.807, 2.05) is 17.0 Å². The molecule has 1 fully saturated rings. The third-order valence-electron chi connectivity index (χ3n) is 5.20. The highest BCUT2D eigenvalue weighted by Gasteiger charge is 2.27. The van der Waals surface area contributed by atoms with Gasteiger partial charge in [-0.3, -0.25) is 14.3 Å². The molecule has 1 unspecified atom stereocenters. The molecule has 2 aromatic heterocycles. The number of fused-ring (bicyclic) bond motifs is 1. The SMILES string of the molecule is CN(C)C(=O)c1cc2cc(C3CCN(C(=O)CCn4ccnn4)C3)ccc2o1. The van der Waals surface area contributed by atoms with Crippen LogP contribution < -0.4 is 0 Å². The van der Waals surface area contributed by atoms with Gasteiger partial charge in [-0.2, -0.15) is 0 Å². The first kappa shape index (κ1) is 18.2. The van der Waals surface area contributed by atoms with Crippen molar-refractivity contribution in [1.29, 1.82) is 0 Å². The molecule has 1 aromatic carbocycles. The molecule has 1 aliphatic heterocycles. The summed E-state index contributed by atoms with van der Waals surface area (Å²) >= 11 is 0. The van der Waals surface area contributed by atoms with Crippen LogP contribution in [0.3, 0.4) is 0 Å². The number of hydrogen-bond acceptors (Lipinski definition) is 5. The highest BCUT2D eigenvalue weighted by atomic mass is 16.3. The molecule has 3 heterocycles. The van der Waals surface area contributed by atoms with Gasteiger partial charge in [-0.1, -0.05) is 11.3 Å². The Morgan fingerprint density at radius 3 is 2.89 bits per heavy atom. The minimum atomic E-state index is -0.150. The summed E-state index contributed by atoms with van der Waals surface area (Å²) in [7, 11) is 3.40. The molecule has 1 aliphatic rings. The number of nitrogens with zero attached hydrogens (tertiary/aromatic N) is 5. The Balaban J connectivity index is 1.42. The molecule has 0 saturated carbocycles. The smallest absolute Gasteiger partial charge is 0.289 e. The van der Waals surface area contributed by atoms with E-state index >= 15 is 0 Å². The van der Waals surface area contributed by atoms with Crippen LogP contribution in [0.4, 0.5) is 0 Å². The Bertz CT molecular complexity index is 993. The molecule has 4 rings (SSSR count). The minimum absolute atomic E-state index is 0.140. The quantitative estimate of drug-likeness (QED) is 0.676. The fourth-order valence-corrected chi connectivity index (χ4v) is 3.62. The molecule has 0 N–H and O–H groups in total. The summed E-state index contributed by atoms with van der Waals surface area (Å²) in [5.74, 6) is 0.625. The standard InChI is InChI=1S/C20H23N5O3/c1-23(2)20(27)18-12-16-11-14(3-4-17(16)28-18)15-5-8-24(13-15)19(26)6-9-25-10-7-21-22-25/h3-4,7,10-12,15H,5-6,8-9,13H2,1-2H3. The third-order valence-corrected chi connectivity index (χ3v) is 5.20. The zero-order valence-electron chi connectivity index (χ0n) is 16.0. The van der Waals surface area contributed by atoms with E-state index in [9.17, 15) is 9.59 Å². The predicted octanol–water partition coefficient (Wildman–Crippen LogP) is 2.13. The Morgan fingerprint density at radius 1 is 1.29 bits per heavy atom. The van der Waals surface area contributed by atoms with Crippen molar-refractivity contribution < 1.29 is 14.0 Å². The van der Waals surface area contributed by atoms with Gasteiger partial charge in [-0.05, 0) is 30.2 Å². The second kappa shape index (κ2) is 7.46. The molecule has 2 amide bonds. The summed E-state index contributed by atoms with van der Waals surface area (Å²) in [4.78, 5) is 28.0. The largest absolute Gasteiger partial charge is 0.451 e. The lowest BCUT2D eigenvalue weighted by molar-refractivity contribution is -0.130. The van der Waals surface area contributed by atoms with Crippen LogP contribution in [0.5, 0.6) is 0 Å². The second-order valence-electron chi connectivity index (χ2n) is 7.35.